The molecule has 6 heteroatoms. The van der Waals surface area contributed by atoms with Crippen molar-refractivity contribution in [3.63, 3.8) is 0 Å². The Labute approximate surface area is 178 Å². The Morgan fingerprint density at radius 3 is 2.28 bits per heavy atom. The highest BCUT2D eigenvalue weighted by atomic mass is 32.2. The zero-order valence-corrected chi connectivity index (χ0v) is 19.2. The minimum atomic E-state index is 0.585. The van der Waals surface area contributed by atoms with Crippen molar-refractivity contribution in [3.8, 4) is 17.2 Å². The van der Waals surface area contributed by atoms with Crippen molar-refractivity contribution in [2.45, 2.75) is 27.7 Å². The van der Waals surface area contributed by atoms with E-state index < -0.39 is 0 Å². The first-order valence-corrected chi connectivity index (χ1v) is 10.1. The van der Waals surface area contributed by atoms with Gasteiger partial charge in [0.2, 0.25) is 0 Å². The summed E-state index contributed by atoms with van der Waals surface area (Å²) in [5, 5.41) is 0. The van der Waals surface area contributed by atoms with Crippen molar-refractivity contribution in [1.29, 1.82) is 0 Å². The van der Waals surface area contributed by atoms with Crippen LogP contribution in [0.3, 0.4) is 0 Å². The third-order valence-corrected chi connectivity index (χ3v) is 5.03. The molecule has 0 saturated heterocycles. The molecule has 0 N–H and O–H groups in total. The number of methoxy groups -OCH3 is 3. The van der Waals surface area contributed by atoms with Crippen molar-refractivity contribution in [1.82, 2.24) is 0 Å². The summed E-state index contributed by atoms with van der Waals surface area (Å²) in [5.74, 6) is 2.68. The number of nitrogens with zero attached hydrogens (tertiary/aromatic N) is 1. The number of ether oxygens (including phenoxy) is 4. The van der Waals surface area contributed by atoms with Crippen LogP contribution < -0.4 is 14.2 Å². The van der Waals surface area contributed by atoms with Gasteiger partial charge < -0.3 is 18.9 Å². The van der Waals surface area contributed by atoms with Gasteiger partial charge in [-0.25, -0.2) is 4.40 Å². The van der Waals surface area contributed by atoms with E-state index in [2.05, 4.69) is 11.1 Å². The highest BCUT2D eigenvalue weighted by Gasteiger charge is 2.19. The SMILES string of the molecule is C=NS/C(=C(C)/C(/C=C\C(=C/C)OCC)=C/C)c1cc(OC)cc(OC)c1OC. The summed E-state index contributed by atoms with van der Waals surface area (Å²) in [6, 6.07) is 3.70. The summed E-state index contributed by atoms with van der Waals surface area (Å²) in [4.78, 5) is 0.894. The lowest BCUT2D eigenvalue weighted by Gasteiger charge is -2.18. The molecule has 5 nitrogen and oxygen atoms in total. The highest BCUT2D eigenvalue weighted by Crippen LogP contribution is 2.45. The lowest BCUT2D eigenvalue weighted by molar-refractivity contribution is 0.242. The van der Waals surface area contributed by atoms with Crippen LogP contribution in [0, 0.1) is 0 Å². The predicted octanol–water partition coefficient (Wildman–Crippen LogP) is 6.24. The zero-order valence-electron chi connectivity index (χ0n) is 18.4. The average molecular weight is 418 g/mol. The second kappa shape index (κ2) is 12.8. The number of benzene rings is 1. The van der Waals surface area contributed by atoms with Crippen LogP contribution in [0.25, 0.3) is 4.91 Å². The van der Waals surface area contributed by atoms with Crippen LogP contribution in [0.1, 0.15) is 33.3 Å². The van der Waals surface area contributed by atoms with Crippen LogP contribution in [-0.2, 0) is 4.74 Å². The molecule has 0 saturated carbocycles. The summed E-state index contributed by atoms with van der Waals surface area (Å²) in [6.07, 6.45) is 7.95. The Bertz CT molecular complexity index is 822. The molecule has 0 fully saturated rings. The molecule has 0 heterocycles. The number of rotatable bonds is 11. The van der Waals surface area contributed by atoms with Crippen molar-refractivity contribution in [3.05, 3.63) is 58.9 Å². The first kappa shape index (κ1) is 24.4. The number of hydrogen-bond donors (Lipinski definition) is 0. The highest BCUT2D eigenvalue weighted by molar-refractivity contribution is 8.07. The molecule has 0 spiro atoms. The molecule has 0 amide bonds. The molecule has 0 aromatic heterocycles. The Morgan fingerprint density at radius 1 is 1.07 bits per heavy atom. The normalized spacial score (nSPS) is 13.2. The van der Waals surface area contributed by atoms with Gasteiger partial charge in [0.25, 0.3) is 0 Å². The topological polar surface area (TPSA) is 49.3 Å². The monoisotopic (exact) mass is 417 g/mol. The molecule has 0 aliphatic rings. The minimum Gasteiger partial charge on any atom is -0.497 e. The van der Waals surface area contributed by atoms with E-state index >= 15 is 0 Å². The maximum absolute atomic E-state index is 5.65. The van der Waals surface area contributed by atoms with E-state index in [9.17, 15) is 0 Å². The summed E-state index contributed by atoms with van der Waals surface area (Å²) in [7, 11) is 4.83. The van der Waals surface area contributed by atoms with Crippen molar-refractivity contribution in [2.75, 3.05) is 27.9 Å². The fourth-order valence-electron chi connectivity index (χ4n) is 2.74. The van der Waals surface area contributed by atoms with E-state index in [1.165, 1.54) is 11.9 Å². The third-order valence-electron chi connectivity index (χ3n) is 4.20. The molecular formula is C23H31NO4S. The lowest BCUT2D eigenvalue weighted by Crippen LogP contribution is -1.98. The molecule has 1 aromatic carbocycles. The molecule has 1 aromatic rings. The Kier molecular flexibility index (Phi) is 10.8. The number of hydrogen-bond acceptors (Lipinski definition) is 6. The van der Waals surface area contributed by atoms with Crippen LogP contribution in [0.4, 0.5) is 0 Å². The fraction of sp³-hybridized carbons (Fsp3) is 0.348. The fourth-order valence-corrected chi connectivity index (χ4v) is 3.38. The zero-order chi connectivity index (χ0) is 21.8. The van der Waals surface area contributed by atoms with Gasteiger partial charge in [-0.15, -0.1) is 0 Å². The first-order valence-electron chi connectivity index (χ1n) is 9.29. The van der Waals surface area contributed by atoms with Gasteiger partial charge >= 0.3 is 0 Å². The quantitative estimate of drug-likeness (QED) is 0.185. The van der Waals surface area contributed by atoms with Gasteiger partial charge in [0.15, 0.2) is 11.5 Å². The Morgan fingerprint density at radius 2 is 1.79 bits per heavy atom. The summed E-state index contributed by atoms with van der Waals surface area (Å²) in [5.41, 5.74) is 2.86. The molecular weight excluding hydrogens is 386 g/mol. The van der Waals surface area contributed by atoms with Crippen molar-refractivity contribution < 1.29 is 18.9 Å². The summed E-state index contributed by atoms with van der Waals surface area (Å²) < 4.78 is 26.3. The van der Waals surface area contributed by atoms with Gasteiger partial charge in [0, 0.05) is 28.5 Å². The van der Waals surface area contributed by atoms with Gasteiger partial charge in [-0.3, -0.25) is 0 Å². The molecule has 0 aliphatic carbocycles. The molecule has 1 rings (SSSR count). The van der Waals surface area contributed by atoms with E-state index in [-0.39, 0.29) is 0 Å². The summed E-state index contributed by atoms with van der Waals surface area (Å²) >= 11 is 1.28. The lowest BCUT2D eigenvalue weighted by atomic mass is 10.0. The second-order valence-electron chi connectivity index (χ2n) is 5.79. The first-order chi connectivity index (χ1) is 14.0. The third kappa shape index (κ3) is 6.46. The maximum Gasteiger partial charge on any atom is 0.169 e. The van der Waals surface area contributed by atoms with Crippen molar-refractivity contribution in [2.24, 2.45) is 4.40 Å². The van der Waals surface area contributed by atoms with Crippen molar-refractivity contribution >= 4 is 23.6 Å². The molecule has 0 bridgehead atoms. The van der Waals surface area contributed by atoms with E-state index in [0.29, 0.717) is 23.9 Å². The molecule has 0 aliphatic heterocycles. The molecule has 0 atom stereocenters. The van der Waals surface area contributed by atoms with Gasteiger partial charge in [-0.05, 0) is 63.8 Å². The van der Waals surface area contributed by atoms with Crippen LogP contribution in [0.15, 0.2) is 57.7 Å². The largest absolute Gasteiger partial charge is 0.497 e. The number of allylic oxidation sites excluding steroid dienone is 6. The summed E-state index contributed by atoms with van der Waals surface area (Å²) in [6.45, 7) is 12.2. The van der Waals surface area contributed by atoms with Gasteiger partial charge in [-0.1, -0.05) is 12.2 Å². The molecule has 158 valence electrons. The van der Waals surface area contributed by atoms with Crippen LogP contribution in [0.5, 0.6) is 17.2 Å². The van der Waals surface area contributed by atoms with E-state index in [4.69, 9.17) is 18.9 Å². The van der Waals surface area contributed by atoms with Gasteiger partial charge in [-0.2, -0.15) is 0 Å². The Balaban J connectivity index is 3.63. The smallest absolute Gasteiger partial charge is 0.169 e. The maximum atomic E-state index is 5.65. The van der Waals surface area contributed by atoms with E-state index in [1.807, 2.05) is 58.1 Å². The molecule has 0 radical (unpaired) electrons. The predicted molar refractivity (Wildman–Crippen MR) is 124 cm³/mol. The van der Waals surface area contributed by atoms with Crippen LogP contribution in [0.2, 0.25) is 0 Å². The minimum absolute atomic E-state index is 0.585. The molecule has 0 unspecified atom stereocenters. The Hall–Kier alpha value is -2.60. The van der Waals surface area contributed by atoms with Gasteiger partial charge in [0.05, 0.1) is 27.9 Å². The second-order valence-corrected chi connectivity index (χ2v) is 6.64. The average Bonchev–Trinajstić information content (AvgIpc) is 2.75. The van der Waals surface area contributed by atoms with Gasteiger partial charge in [0.1, 0.15) is 11.5 Å². The van der Waals surface area contributed by atoms with Crippen LogP contribution in [-0.4, -0.2) is 34.7 Å². The van der Waals surface area contributed by atoms with E-state index in [1.54, 1.807) is 27.4 Å². The standard InChI is InChI=1S/C23H31NO4S/c1-9-17(12-13-18(10-2)28-11-3)16(4)23(29-24-5)20-14-19(25-6)15-21(26-7)22(20)27-8/h9-10,12-15H,5,11H2,1-4,6-8H3/b13-12-,17-9+,18-10+,23-16+. The molecule has 29 heavy (non-hydrogen) atoms. The van der Waals surface area contributed by atoms with Crippen LogP contribution >= 0.6 is 11.9 Å². The van der Waals surface area contributed by atoms with E-state index in [0.717, 1.165) is 27.4 Å².